The van der Waals surface area contributed by atoms with E-state index in [1.54, 1.807) is 43.4 Å². The van der Waals surface area contributed by atoms with Crippen molar-refractivity contribution in [1.82, 2.24) is 19.8 Å². The lowest BCUT2D eigenvalue weighted by molar-refractivity contribution is -0.138. The number of anilines is 2. The van der Waals surface area contributed by atoms with Crippen LogP contribution in [0.3, 0.4) is 0 Å². The molecule has 2 aromatic carbocycles. The fourth-order valence-corrected chi connectivity index (χ4v) is 4.29. The van der Waals surface area contributed by atoms with Crippen molar-refractivity contribution in [2.75, 3.05) is 50.4 Å². The summed E-state index contributed by atoms with van der Waals surface area (Å²) < 4.78 is 47.3. The highest BCUT2D eigenvalue weighted by Crippen LogP contribution is 2.34. The Hall–Kier alpha value is -3.70. The first-order valence-electron chi connectivity index (χ1n) is 12.4. The number of halogens is 3. The number of alkyl halides is 3. The Kier molecular flexibility index (Phi) is 8.80. The molecule has 0 atom stereocenters. The molecule has 2 N–H and O–H groups in total. The number of rotatable bonds is 9. The second-order valence-electron chi connectivity index (χ2n) is 9.04. The summed E-state index contributed by atoms with van der Waals surface area (Å²) in [5.74, 6) is 1.05. The first kappa shape index (κ1) is 27.3. The monoisotopic (exact) mass is 528 g/mol. The summed E-state index contributed by atoms with van der Waals surface area (Å²) in [4.78, 5) is 25.0. The van der Waals surface area contributed by atoms with Gasteiger partial charge in [0.1, 0.15) is 17.9 Å². The van der Waals surface area contributed by atoms with E-state index in [1.807, 2.05) is 4.90 Å². The number of benzene rings is 2. The van der Waals surface area contributed by atoms with E-state index >= 15 is 0 Å². The summed E-state index contributed by atoms with van der Waals surface area (Å²) in [6, 6.07) is 12.5. The molecule has 1 aromatic heterocycles. The molecule has 0 radical (unpaired) electrons. The van der Waals surface area contributed by atoms with E-state index in [0.29, 0.717) is 28.7 Å². The number of piperazine rings is 1. The predicted molar refractivity (Wildman–Crippen MR) is 139 cm³/mol. The Morgan fingerprint density at radius 2 is 1.71 bits per heavy atom. The van der Waals surface area contributed by atoms with Gasteiger partial charge in [0, 0.05) is 51.5 Å². The smallest absolute Gasteiger partial charge is 0.416 e. The summed E-state index contributed by atoms with van der Waals surface area (Å²) in [5, 5.41) is 5.62. The zero-order valence-electron chi connectivity index (χ0n) is 21.4. The van der Waals surface area contributed by atoms with Gasteiger partial charge < -0.3 is 20.3 Å². The molecule has 3 aromatic rings. The van der Waals surface area contributed by atoms with Crippen molar-refractivity contribution in [2.45, 2.75) is 26.1 Å². The molecule has 8 nitrogen and oxygen atoms in total. The van der Waals surface area contributed by atoms with Crippen LogP contribution in [0.2, 0.25) is 0 Å². The van der Waals surface area contributed by atoms with Gasteiger partial charge in [0.15, 0.2) is 0 Å². The first-order chi connectivity index (χ1) is 18.2. The molecule has 1 amide bonds. The van der Waals surface area contributed by atoms with Gasteiger partial charge in [-0.2, -0.15) is 13.2 Å². The quantitative estimate of drug-likeness (QED) is 0.419. The van der Waals surface area contributed by atoms with Crippen LogP contribution in [-0.2, 0) is 23.9 Å². The Bertz CT molecular complexity index is 1230. The molecule has 0 aliphatic carbocycles. The molecule has 1 fully saturated rings. The fourth-order valence-electron chi connectivity index (χ4n) is 4.29. The Balaban J connectivity index is 1.37. The summed E-state index contributed by atoms with van der Waals surface area (Å²) in [5.41, 5.74) is 0.347. The van der Waals surface area contributed by atoms with Gasteiger partial charge in [-0.1, -0.05) is 19.1 Å². The van der Waals surface area contributed by atoms with E-state index in [-0.39, 0.29) is 18.5 Å². The molecule has 2 heterocycles. The molecule has 0 unspecified atom stereocenters. The highest BCUT2D eigenvalue weighted by molar-refractivity contribution is 5.92. The Labute approximate surface area is 219 Å². The molecular weight excluding hydrogens is 497 g/mol. The maximum Gasteiger partial charge on any atom is 0.416 e. The van der Waals surface area contributed by atoms with Crippen LogP contribution in [-0.4, -0.2) is 65.4 Å². The van der Waals surface area contributed by atoms with Gasteiger partial charge >= 0.3 is 6.18 Å². The van der Waals surface area contributed by atoms with E-state index in [1.165, 1.54) is 12.4 Å². The van der Waals surface area contributed by atoms with E-state index in [4.69, 9.17) is 4.74 Å². The molecule has 11 heteroatoms. The van der Waals surface area contributed by atoms with Crippen LogP contribution in [0.15, 0.2) is 54.9 Å². The zero-order chi connectivity index (χ0) is 27.1. The van der Waals surface area contributed by atoms with Crippen LogP contribution in [0, 0.1) is 0 Å². The Morgan fingerprint density at radius 3 is 2.37 bits per heavy atom. The first-order valence-corrected chi connectivity index (χ1v) is 12.4. The van der Waals surface area contributed by atoms with Gasteiger partial charge in [-0.15, -0.1) is 0 Å². The topological polar surface area (TPSA) is 82.6 Å². The lowest BCUT2D eigenvalue weighted by Crippen LogP contribution is -2.45. The molecule has 38 heavy (non-hydrogen) atoms. The number of nitrogens with zero attached hydrogens (tertiary/aromatic N) is 4. The summed E-state index contributed by atoms with van der Waals surface area (Å²) >= 11 is 0. The Morgan fingerprint density at radius 1 is 1.00 bits per heavy atom. The summed E-state index contributed by atoms with van der Waals surface area (Å²) in [6.07, 6.45) is -3.30. The number of hydrogen-bond acceptors (Lipinski definition) is 7. The van der Waals surface area contributed by atoms with E-state index in [2.05, 4.69) is 32.4 Å². The third-order valence-electron chi connectivity index (χ3n) is 6.41. The number of likely N-dealkylation sites (N-methyl/N-ethyl adjacent to an activating group) is 1. The number of carbonyl (C=O) groups is 1. The summed E-state index contributed by atoms with van der Waals surface area (Å²) in [6.45, 7) is 6.42. The number of carbonyl (C=O) groups excluding carboxylic acids is 1. The molecule has 0 saturated carbocycles. The van der Waals surface area contributed by atoms with Crippen molar-refractivity contribution in [3.05, 3.63) is 71.5 Å². The van der Waals surface area contributed by atoms with Crippen LogP contribution >= 0.6 is 0 Å². The molecule has 4 rings (SSSR count). The average Bonchev–Trinajstić information content (AvgIpc) is 2.90. The third-order valence-corrected chi connectivity index (χ3v) is 6.41. The highest BCUT2D eigenvalue weighted by Gasteiger charge is 2.34. The van der Waals surface area contributed by atoms with Gasteiger partial charge in [0.25, 0.3) is 0 Å². The largest absolute Gasteiger partial charge is 0.439 e. The SMILES string of the molecule is CCN1CCN(Cc2ccc(CC(=O)Nc3ccc(Oc4cc(NC)ncn4)cc3)cc2C(F)(F)F)CC1. The lowest BCUT2D eigenvalue weighted by atomic mass is 10.0. The van der Waals surface area contributed by atoms with E-state index < -0.39 is 17.6 Å². The molecule has 0 bridgehead atoms. The van der Waals surface area contributed by atoms with Crippen LogP contribution in [0.25, 0.3) is 0 Å². The van der Waals surface area contributed by atoms with Crippen molar-refractivity contribution in [2.24, 2.45) is 0 Å². The average molecular weight is 529 g/mol. The predicted octanol–water partition coefficient (Wildman–Crippen LogP) is 4.65. The van der Waals surface area contributed by atoms with Gasteiger partial charge in [-0.3, -0.25) is 9.69 Å². The lowest BCUT2D eigenvalue weighted by Gasteiger charge is -2.34. The number of hydrogen-bond donors (Lipinski definition) is 2. The molecule has 1 aliphatic rings. The minimum Gasteiger partial charge on any atom is -0.439 e. The van der Waals surface area contributed by atoms with Crippen molar-refractivity contribution < 1.29 is 22.7 Å². The maximum atomic E-state index is 13.9. The van der Waals surface area contributed by atoms with E-state index in [9.17, 15) is 18.0 Å². The van der Waals surface area contributed by atoms with Gasteiger partial charge in [-0.05, 0) is 48.0 Å². The fraction of sp³-hybridized carbons (Fsp3) is 0.370. The van der Waals surface area contributed by atoms with Gasteiger partial charge in [0.2, 0.25) is 11.8 Å². The standard InChI is InChI=1S/C27H31F3N6O2/c1-3-35-10-12-36(13-11-35)17-20-5-4-19(14-23(20)27(28,29)30)15-25(37)34-21-6-8-22(9-7-21)38-26-16-24(31-2)32-18-33-26/h4-9,14,16,18H,3,10-13,15,17H2,1-2H3,(H,34,37)(H,31,32,33). The van der Waals surface area contributed by atoms with Crippen LogP contribution in [0.5, 0.6) is 11.6 Å². The van der Waals surface area contributed by atoms with Gasteiger partial charge in [-0.25, -0.2) is 9.97 Å². The molecule has 1 saturated heterocycles. The van der Waals surface area contributed by atoms with Crippen LogP contribution in [0.1, 0.15) is 23.6 Å². The van der Waals surface area contributed by atoms with Crippen molar-refractivity contribution in [3.8, 4) is 11.6 Å². The normalized spacial score (nSPS) is 14.8. The second-order valence-corrected chi connectivity index (χ2v) is 9.04. The highest BCUT2D eigenvalue weighted by atomic mass is 19.4. The van der Waals surface area contributed by atoms with Crippen molar-refractivity contribution in [3.63, 3.8) is 0 Å². The molecule has 0 spiro atoms. The van der Waals surface area contributed by atoms with Crippen molar-refractivity contribution in [1.29, 1.82) is 0 Å². The molecule has 1 aliphatic heterocycles. The van der Waals surface area contributed by atoms with Crippen LogP contribution in [0.4, 0.5) is 24.7 Å². The van der Waals surface area contributed by atoms with Gasteiger partial charge in [0.05, 0.1) is 12.0 Å². The number of ether oxygens (including phenoxy) is 1. The minimum atomic E-state index is -4.50. The number of amides is 1. The second kappa shape index (κ2) is 12.2. The maximum absolute atomic E-state index is 13.9. The van der Waals surface area contributed by atoms with E-state index in [0.717, 1.165) is 38.8 Å². The number of nitrogens with one attached hydrogen (secondary N) is 2. The van der Waals surface area contributed by atoms with Crippen LogP contribution < -0.4 is 15.4 Å². The number of aromatic nitrogens is 2. The molecular formula is C27H31F3N6O2. The third kappa shape index (κ3) is 7.42. The summed E-state index contributed by atoms with van der Waals surface area (Å²) in [7, 11) is 1.73. The van der Waals surface area contributed by atoms with Crippen molar-refractivity contribution >= 4 is 17.4 Å². The minimum absolute atomic E-state index is 0.176. The zero-order valence-corrected chi connectivity index (χ0v) is 21.4. The molecule has 202 valence electrons.